The average Bonchev–Trinajstić information content (AvgIpc) is 2.93. The molecule has 3 nitrogen and oxygen atoms in total. The van der Waals surface area contributed by atoms with Crippen LogP contribution in [0.15, 0.2) is 24.3 Å². The molecule has 1 aliphatic heterocycles. The van der Waals surface area contributed by atoms with E-state index >= 15 is 0 Å². The van der Waals surface area contributed by atoms with Gasteiger partial charge in [-0.3, -0.25) is 0 Å². The van der Waals surface area contributed by atoms with Crippen molar-refractivity contribution in [2.45, 2.75) is 76.9 Å². The second-order valence-electron chi connectivity index (χ2n) is 7.88. The fourth-order valence-electron chi connectivity index (χ4n) is 4.44. The smallest absolute Gasteiger partial charge is 0.127 e. The van der Waals surface area contributed by atoms with Crippen molar-refractivity contribution in [1.82, 2.24) is 0 Å². The van der Waals surface area contributed by atoms with Crippen LogP contribution in [0.5, 0.6) is 11.5 Å². The zero-order valence-corrected chi connectivity index (χ0v) is 15.3. The van der Waals surface area contributed by atoms with Crippen molar-refractivity contribution in [1.29, 1.82) is 0 Å². The Morgan fingerprint density at radius 3 is 2.83 bits per heavy atom. The lowest BCUT2D eigenvalue weighted by molar-refractivity contribution is 0.0740. The third kappa shape index (κ3) is 2.73. The van der Waals surface area contributed by atoms with E-state index in [1.807, 2.05) is 13.0 Å². The molecule has 1 fully saturated rings. The van der Waals surface area contributed by atoms with E-state index in [9.17, 15) is 5.11 Å². The van der Waals surface area contributed by atoms with E-state index in [4.69, 9.17) is 10.5 Å². The van der Waals surface area contributed by atoms with Gasteiger partial charge in [0, 0.05) is 11.1 Å². The number of hydrogen-bond donors (Lipinski definition) is 2. The molecule has 4 atom stereocenters. The summed E-state index contributed by atoms with van der Waals surface area (Å²) in [5.74, 6) is 1.61. The number of benzene rings is 1. The number of nitrogens with two attached hydrogens (primary N) is 1. The van der Waals surface area contributed by atoms with Gasteiger partial charge < -0.3 is 15.6 Å². The number of fused-ring (bicyclic) bond motifs is 3. The van der Waals surface area contributed by atoms with E-state index in [0.717, 1.165) is 48.1 Å². The van der Waals surface area contributed by atoms with Crippen molar-refractivity contribution in [3.63, 3.8) is 0 Å². The van der Waals surface area contributed by atoms with E-state index in [2.05, 4.69) is 26.5 Å². The zero-order valence-electron chi connectivity index (χ0n) is 15.3. The molecule has 3 N–H and O–H groups in total. The maximum atomic E-state index is 10.7. The first-order valence-electron chi connectivity index (χ1n) is 9.35. The summed E-state index contributed by atoms with van der Waals surface area (Å²) in [4.78, 5) is 0. The van der Waals surface area contributed by atoms with Crippen LogP contribution in [0.1, 0.15) is 69.9 Å². The molecule has 132 valence electrons. The van der Waals surface area contributed by atoms with Gasteiger partial charge in [-0.1, -0.05) is 38.8 Å². The van der Waals surface area contributed by atoms with E-state index in [-0.39, 0.29) is 12.0 Å². The maximum Gasteiger partial charge on any atom is 0.127 e. The minimum atomic E-state index is -0.496. The summed E-state index contributed by atoms with van der Waals surface area (Å²) in [5, 5.41) is 10.7. The molecule has 1 heterocycles. The highest BCUT2D eigenvalue weighted by Gasteiger charge is 2.53. The summed E-state index contributed by atoms with van der Waals surface area (Å²) in [6.07, 6.45) is 6.49. The molecule has 0 amide bonds. The molecule has 24 heavy (non-hydrogen) atoms. The number of rotatable bonds is 5. The van der Waals surface area contributed by atoms with Crippen LogP contribution in [0.25, 0.3) is 0 Å². The lowest BCUT2D eigenvalue weighted by atomic mass is 9.63. The molecule has 0 radical (unpaired) electrons. The highest BCUT2D eigenvalue weighted by atomic mass is 16.5. The minimum Gasteiger partial charge on any atom is -0.508 e. The molecule has 2 unspecified atom stereocenters. The SMILES string of the molecule is C=C(C)[C@]1(N)CC[C@@H](C)C2Oc3cc(CCCCC)cc(O)c3C21. The van der Waals surface area contributed by atoms with Gasteiger partial charge in [-0.25, -0.2) is 0 Å². The van der Waals surface area contributed by atoms with E-state index in [1.54, 1.807) is 0 Å². The summed E-state index contributed by atoms with van der Waals surface area (Å²) in [5.41, 5.74) is 9.32. The molecule has 1 aromatic carbocycles. The molecule has 3 heteroatoms. The van der Waals surface area contributed by atoms with Crippen molar-refractivity contribution >= 4 is 0 Å². The molecule has 1 aliphatic carbocycles. The van der Waals surface area contributed by atoms with Gasteiger partial charge in [0.15, 0.2) is 0 Å². The van der Waals surface area contributed by atoms with Crippen molar-refractivity contribution < 1.29 is 9.84 Å². The molecule has 0 bridgehead atoms. The van der Waals surface area contributed by atoms with E-state index < -0.39 is 5.54 Å². The Balaban J connectivity index is 1.98. The first kappa shape index (κ1) is 17.3. The van der Waals surface area contributed by atoms with Crippen molar-refractivity contribution in [2.75, 3.05) is 0 Å². The Morgan fingerprint density at radius 2 is 2.17 bits per heavy atom. The summed E-state index contributed by atoms with van der Waals surface area (Å²) in [6, 6.07) is 4.03. The van der Waals surface area contributed by atoms with Crippen molar-refractivity contribution in [2.24, 2.45) is 11.7 Å². The predicted octanol–water partition coefficient (Wildman–Crippen LogP) is 4.67. The summed E-state index contributed by atoms with van der Waals surface area (Å²) >= 11 is 0. The summed E-state index contributed by atoms with van der Waals surface area (Å²) in [6.45, 7) is 10.6. The lowest BCUT2D eigenvalue weighted by Gasteiger charge is -2.45. The van der Waals surface area contributed by atoms with Crippen molar-refractivity contribution in [3.05, 3.63) is 35.4 Å². The Kier molecular flexibility index (Phi) is 4.65. The molecule has 1 aromatic rings. The van der Waals surface area contributed by atoms with Gasteiger partial charge in [-0.2, -0.15) is 0 Å². The number of aromatic hydroxyl groups is 1. The van der Waals surface area contributed by atoms with Crippen LogP contribution in [0.3, 0.4) is 0 Å². The fourth-order valence-corrected chi connectivity index (χ4v) is 4.44. The van der Waals surface area contributed by atoms with Crippen LogP contribution >= 0.6 is 0 Å². The van der Waals surface area contributed by atoms with Gasteiger partial charge in [0.25, 0.3) is 0 Å². The molecular formula is C21H31NO2. The van der Waals surface area contributed by atoms with Crippen molar-refractivity contribution in [3.8, 4) is 11.5 Å². The van der Waals surface area contributed by atoms with Crippen LogP contribution in [-0.4, -0.2) is 16.7 Å². The normalized spacial score (nSPS) is 31.2. The average molecular weight is 329 g/mol. The van der Waals surface area contributed by atoms with Crippen LogP contribution < -0.4 is 10.5 Å². The monoisotopic (exact) mass is 329 g/mol. The minimum absolute atomic E-state index is 0.00144. The van der Waals surface area contributed by atoms with Crippen LogP contribution in [-0.2, 0) is 6.42 Å². The Labute approximate surface area is 145 Å². The Morgan fingerprint density at radius 1 is 1.42 bits per heavy atom. The number of hydrogen-bond acceptors (Lipinski definition) is 3. The Hall–Kier alpha value is -1.48. The first-order valence-corrected chi connectivity index (χ1v) is 9.35. The standard InChI is InChI=1S/C21H31NO2/c1-5-6-7-8-15-11-16(23)18-17(12-15)24-20-14(4)9-10-21(22,13(2)3)19(18)20/h11-12,14,19-20,23H,2,5-10,22H2,1,3-4H3/t14-,19?,20?,21-/m1/s1. The van der Waals surface area contributed by atoms with E-state index in [1.165, 1.54) is 12.8 Å². The van der Waals surface area contributed by atoms with Gasteiger partial charge in [0.1, 0.15) is 17.6 Å². The molecule has 3 rings (SSSR count). The first-order chi connectivity index (χ1) is 11.4. The molecule has 1 saturated carbocycles. The van der Waals surface area contributed by atoms with Gasteiger partial charge in [0.05, 0.1) is 5.92 Å². The van der Waals surface area contributed by atoms with Crippen LogP contribution in [0.2, 0.25) is 0 Å². The number of phenols is 1. The highest BCUT2D eigenvalue weighted by Crippen LogP contribution is 2.56. The van der Waals surface area contributed by atoms with Crippen LogP contribution in [0.4, 0.5) is 0 Å². The lowest BCUT2D eigenvalue weighted by Crippen LogP contribution is -2.55. The predicted molar refractivity (Wildman–Crippen MR) is 98.6 cm³/mol. The maximum absolute atomic E-state index is 10.7. The third-order valence-electron chi connectivity index (χ3n) is 6.08. The number of unbranched alkanes of at least 4 members (excludes halogenated alkanes) is 2. The summed E-state index contributed by atoms with van der Waals surface area (Å²) < 4.78 is 6.32. The third-order valence-corrected chi connectivity index (χ3v) is 6.08. The van der Waals surface area contributed by atoms with Crippen LogP contribution in [0, 0.1) is 5.92 Å². The fraction of sp³-hybridized carbons (Fsp3) is 0.619. The van der Waals surface area contributed by atoms with Gasteiger partial charge >= 0.3 is 0 Å². The van der Waals surface area contributed by atoms with E-state index in [0.29, 0.717) is 11.7 Å². The second-order valence-corrected chi connectivity index (χ2v) is 7.88. The quantitative estimate of drug-likeness (QED) is 0.609. The largest absolute Gasteiger partial charge is 0.508 e. The number of aryl methyl sites for hydroxylation is 1. The van der Waals surface area contributed by atoms with Gasteiger partial charge in [-0.15, -0.1) is 0 Å². The number of phenolic OH excluding ortho intramolecular Hbond substituents is 1. The molecule has 0 spiro atoms. The Bertz CT molecular complexity index is 639. The molecule has 0 aromatic heterocycles. The van der Waals surface area contributed by atoms with Gasteiger partial charge in [-0.05, 0) is 56.2 Å². The van der Waals surface area contributed by atoms with Gasteiger partial charge in [0.2, 0.25) is 0 Å². The summed E-state index contributed by atoms with van der Waals surface area (Å²) in [7, 11) is 0. The topological polar surface area (TPSA) is 55.5 Å². The zero-order chi connectivity index (χ0) is 17.5. The molecule has 2 aliphatic rings. The molecule has 0 saturated heterocycles. The second kappa shape index (κ2) is 6.44. The highest BCUT2D eigenvalue weighted by molar-refractivity contribution is 5.55. The number of ether oxygens (including phenoxy) is 1. The molecular weight excluding hydrogens is 298 g/mol.